The van der Waals surface area contributed by atoms with Crippen LogP contribution in [0, 0.1) is 10.1 Å². The molecule has 0 spiro atoms. The van der Waals surface area contributed by atoms with Gasteiger partial charge in [-0.15, -0.1) is 0 Å². The van der Waals surface area contributed by atoms with Crippen molar-refractivity contribution in [2.24, 2.45) is 0 Å². The van der Waals surface area contributed by atoms with Crippen LogP contribution in [0.1, 0.15) is 20.7 Å². The Morgan fingerprint density at radius 2 is 1.71 bits per heavy atom. The molecule has 2 rings (SSSR count). The lowest BCUT2D eigenvalue weighted by atomic mass is 10.1. The van der Waals surface area contributed by atoms with Crippen molar-refractivity contribution >= 4 is 46.5 Å². The summed E-state index contributed by atoms with van der Waals surface area (Å²) in [6, 6.07) is 7.95. The van der Waals surface area contributed by atoms with Crippen molar-refractivity contribution in [1.82, 2.24) is 0 Å². The topological polar surface area (TPSA) is 98.5 Å². The van der Waals surface area contributed by atoms with E-state index in [2.05, 4.69) is 10.1 Å². The summed E-state index contributed by atoms with van der Waals surface area (Å²) in [5.41, 5.74) is -0.132. The summed E-state index contributed by atoms with van der Waals surface area (Å²) in [4.78, 5) is 34.0. The summed E-state index contributed by atoms with van der Waals surface area (Å²) in [5.74, 6) is -1.17. The average molecular weight is 369 g/mol. The molecule has 1 N–H and O–H groups in total. The number of anilines is 1. The third-order valence-electron chi connectivity index (χ3n) is 3.04. The van der Waals surface area contributed by atoms with Gasteiger partial charge in [-0.2, -0.15) is 0 Å². The molecule has 0 unspecified atom stereocenters. The maximum atomic E-state index is 12.2. The Labute approximate surface area is 146 Å². The molecule has 7 nitrogen and oxygen atoms in total. The second-order valence-electron chi connectivity index (χ2n) is 4.56. The fraction of sp³-hybridized carbons (Fsp3) is 0.0667. The van der Waals surface area contributed by atoms with Crippen molar-refractivity contribution in [3.8, 4) is 0 Å². The van der Waals surface area contributed by atoms with Gasteiger partial charge in [-0.05, 0) is 30.3 Å². The van der Waals surface area contributed by atoms with Crippen molar-refractivity contribution in [3.05, 3.63) is 67.7 Å². The number of ether oxygens (including phenoxy) is 1. The Kier molecular flexibility index (Phi) is 5.38. The highest BCUT2D eigenvalue weighted by Crippen LogP contribution is 2.35. The number of halogens is 2. The number of amides is 1. The molecule has 24 heavy (non-hydrogen) atoms. The largest absolute Gasteiger partial charge is 0.465 e. The summed E-state index contributed by atoms with van der Waals surface area (Å²) in [5, 5.41) is 13.5. The first-order chi connectivity index (χ1) is 11.3. The molecule has 0 saturated heterocycles. The minimum Gasteiger partial charge on any atom is -0.465 e. The van der Waals surface area contributed by atoms with E-state index >= 15 is 0 Å². The summed E-state index contributed by atoms with van der Waals surface area (Å²) < 4.78 is 4.56. The maximum Gasteiger partial charge on any atom is 0.337 e. The van der Waals surface area contributed by atoms with Gasteiger partial charge in [-0.3, -0.25) is 14.9 Å². The number of methoxy groups -OCH3 is 1. The minimum atomic E-state index is -0.701. The molecule has 2 aromatic rings. The van der Waals surface area contributed by atoms with Gasteiger partial charge in [0.25, 0.3) is 11.6 Å². The number of carbonyl (C=O) groups excluding carboxylic acids is 2. The van der Waals surface area contributed by atoms with Gasteiger partial charge >= 0.3 is 5.97 Å². The third kappa shape index (κ3) is 3.81. The number of nitro benzene ring substituents is 1. The van der Waals surface area contributed by atoms with Gasteiger partial charge in [0.15, 0.2) is 0 Å². The standard InChI is InChI=1S/C15H10Cl2N2O5/c1-24-15(21)9-4-2-8(3-5-9)14(20)18-13-11(17)6-10(16)7-12(13)19(22)23/h2-7H,1H3,(H,18,20). The van der Waals surface area contributed by atoms with Gasteiger partial charge < -0.3 is 10.1 Å². The van der Waals surface area contributed by atoms with E-state index in [1.54, 1.807) is 0 Å². The first-order valence-corrected chi connectivity index (χ1v) is 7.22. The van der Waals surface area contributed by atoms with E-state index in [0.717, 1.165) is 6.07 Å². The number of esters is 1. The Hall–Kier alpha value is -2.64. The molecule has 0 aliphatic heterocycles. The lowest BCUT2D eigenvalue weighted by Crippen LogP contribution is -2.14. The summed E-state index contributed by atoms with van der Waals surface area (Å²) >= 11 is 11.7. The van der Waals surface area contributed by atoms with E-state index in [1.807, 2.05) is 0 Å². The van der Waals surface area contributed by atoms with Crippen LogP contribution in [0.5, 0.6) is 0 Å². The lowest BCUT2D eigenvalue weighted by molar-refractivity contribution is -0.383. The van der Waals surface area contributed by atoms with Crippen LogP contribution < -0.4 is 5.32 Å². The van der Waals surface area contributed by atoms with Crippen LogP contribution in [0.25, 0.3) is 0 Å². The molecular formula is C15H10Cl2N2O5. The van der Waals surface area contributed by atoms with E-state index in [1.165, 1.54) is 37.4 Å². The highest BCUT2D eigenvalue weighted by molar-refractivity contribution is 6.37. The van der Waals surface area contributed by atoms with Crippen LogP contribution in [0.4, 0.5) is 11.4 Å². The average Bonchev–Trinajstić information content (AvgIpc) is 2.56. The molecule has 0 aliphatic rings. The monoisotopic (exact) mass is 368 g/mol. The molecule has 0 atom stereocenters. The number of carbonyl (C=O) groups is 2. The Morgan fingerprint density at radius 1 is 1.12 bits per heavy atom. The van der Waals surface area contributed by atoms with Crippen LogP contribution in [-0.2, 0) is 4.74 Å². The first-order valence-electron chi connectivity index (χ1n) is 6.46. The zero-order chi connectivity index (χ0) is 17.9. The van der Waals surface area contributed by atoms with Gasteiger partial charge in [0.1, 0.15) is 5.69 Å². The van der Waals surface area contributed by atoms with Gasteiger partial charge in [0.05, 0.1) is 22.6 Å². The maximum absolute atomic E-state index is 12.2. The molecule has 9 heteroatoms. The second-order valence-corrected chi connectivity index (χ2v) is 5.41. The Bertz CT molecular complexity index is 821. The predicted molar refractivity (Wildman–Crippen MR) is 88.9 cm³/mol. The van der Waals surface area contributed by atoms with E-state index < -0.39 is 22.5 Å². The Morgan fingerprint density at radius 3 is 2.25 bits per heavy atom. The molecule has 124 valence electrons. The molecule has 2 aromatic carbocycles. The van der Waals surface area contributed by atoms with Crippen molar-refractivity contribution < 1.29 is 19.2 Å². The van der Waals surface area contributed by atoms with Crippen LogP contribution >= 0.6 is 23.2 Å². The van der Waals surface area contributed by atoms with Crippen molar-refractivity contribution in [2.75, 3.05) is 12.4 Å². The van der Waals surface area contributed by atoms with Crippen LogP contribution in [0.15, 0.2) is 36.4 Å². The van der Waals surface area contributed by atoms with Crippen molar-refractivity contribution in [1.29, 1.82) is 0 Å². The molecule has 0 radical (unpaired) electrons. The molecule has 0 bridgehead atoms. The summed E-state index contributed by atoms with van der Waals surface area (Å²) in [6.07, 6.45) is 0. The fourth-order valence-electron chi connectivity index (χ4n) is 1.89. The van der Waals surface area contributed by atoms with Crippen molar-refractivity contribution in [3.63, 3.8) is 0 Å². The Balaban J connectivity index is 2.30. The number of nitro groups is 1. The first kappa shape index (κ1) is 17.7. The van der Waals surface area contributed by atoms with Gasteiger partial charge in [0.2, 0.25) is 0 Å². The smallest absolute Gasteiger partial charge is 0.337 e. The van der Waals surface area contributed by atoms with Crippen LogP contribution in [0.2, 0.25) is 10.0 Å². The van der Waals surface area contributed by atoms with Crippen molar-refractivity contribution in [2.45, 2.75) is 0 Å². The zero-order valence-corrected chi connectivity index (χ0v) is 13.7. The number of hydrogen-bond donors (Lipinski definition) is 1. The van der Waals surface area contributed by atoms with Gasteiger partial charge in [0, 0.05) is 16.7 Å². The highest BCUT2D eigenvalue weighted by atomic mass is 35.5. The quantitative estimate of drug-likeness (QED) is 0.500. The summed E-state index contributed by atoms with van der Waals surface area (Å²) in [7, 11) is 1.24. The lowest BCUT2D eigenvalue weighted by Gasteiger charge is -2.09. The number of rotatable bonds is 4. The fourth-order valence-corrected chi connectivity index (χ4v) is 2.42. The molecule has 0 aromatic heterocycles. The highest BCUT2D eigenvalue weighted by Gasteiger charge is 2.21. The normalized spacial score (nSPS) is 10.1. The van der Waals surface area contributed by atoms with Crippen LogP contribution in [-0.4, -0.2) is 23.9 Å². The zero-order valence-electron chi connectivity index (χ0n) is 12.2. The van der Waals surface area contributed by atoms with Gasteiger partial charge in [-0.25, -0.2) is 4.79 Å². The predicted octanol–water partition coefficient (Wildman–Crippen LogP) is 3.94. The molecule has 0 fully saturated rings. The van der Waals surface area contributed by atoms with E-state index in [0.29, 0.717) is 0 Å². The van der Waals surface area contributed by atoms with E-state index in [4.69, 9.17) is 23.2 Å². The van der Waals surface area contributed by atoms with E-state index in [9.17, 15) is 19.7 Å². The molecule has 1 amide bonds. The van der Waals surface area contributed by atoms with Gasteiger partial charge in [-0.1, -0.05) is 23.2 Å². The number of nitrogens with one attached hydrogen (secondary N) is 1. The molecular weight excluding hydrogens is 359 g/mol. The number of nitrogens with zero attached hydrogens (tertiary/aromatic N) is 1. The number of hydrogen-bond acceptors (Lipinski definition) is 5. The SMILES string of the molecule is COC(=O)c1ccc(C(=O)Nc2c(Cl)cc(Cl)cc2[N+](=O)[O-])cc1. The summed E-state index contributed by atoms with van der Waals surface area (Å²) in [6.45, 7) is 0. The third-order valence-corrected chi connectivity index (χ3v) is 3.55. The number of benzene rings is 2. The molecule has 0 heterocycles. The second kappa shape index (κ2) is 7.29. The molecule has 0 aliphatic carbocycles. The van der Waals surface area contributed by atoms with Crippen LogP contribution in [0.3, 0.4) is 0 Å². The van der Waals surface area contributed by atoms with E-state index in [-0.39, 0.29) is 26.9 Å². The molecule has 0 saturated carbocycles. The minimum absolute atomic E-state index is 0.0614.